The normalized spacial score (nSPS) is 23.4. The van der Waals surface area contributed by atoms with Crippen LogP contribution in [0.4, 0.5) is 24.1 Å². The number of aromatic nitrogens is 2. The third-order valence-corrected chi connectivity index (χ3v) is 15.8. The summed E-state index contributed by atoms with van der Waals surface area (Å²) in [5.41, 5.74) is 5.47. The number of amides is 4. The molecule has 2 saturated heterocycles. The van der Waals surface area contributed by atoms with Gasteiger partial charge in [-0.15, -0.1) is 0 Å². The van der Waals surface area contributed by atoms with E-state index in [2.05, 4.69) is 20.6 Å². The molecule has 6 atom stereocenters. The topological polar surface area (TPSA) is 192 Å². The molecule has 0 unspecified atom stereocenters. The highest BCUT2D eigenvalue weighted by molar-refractivity contribution is 7.90. The van der Waals surface area contributed by atoms with Crippen LogP contribution in [0.1, 0.15) is 80.9 Å². The molecule has 352 valence electrons. The molecule has 3 aliphatic carbocycles. The van der Waals surface area contributed by atoms with Crippen molar-refractivity contribution < 1.29 is 45.9 Å². The van der Waals surface area contributed by atoms with Crippen LogP contribution in [0.25, 0.3) is 33.5 Å². The van der Waals surface area contributed by atoms with Gasteiger partial charge in [0.15, 0.2) is 0 Å². The summed E-state index contributed by atoms with van der Waals surface area (Å²) in [6.45, 7) is 4.27. The molecule has 4 amide bonds. The maximum Gasteiger partial charge on any atom is 0.407 e. The van der Waals surface area contributed by atoms with Crippen LogP contribution in [0, 0.1) is 17.3 Å². The van der Waals surface area contributed by atoms with Gasteiger partial charge in [-0.25, -0.2) is 23.0 Å². The molecule has 1 aromatic heterocycles. The van der Waals surface area contributed by atoms with Gasteiger partial charge in [0.1, 0.15) is 27.7 Å². The molecule has 1 spiro atoms. The summed E-state index contributed by atoms with van der Waals surface area (Å²) in [5.74, 6) is -4.10. The number of alkyl halides is 2. The molecule has 6 aliphatic rings. The van der Waals surface area contributed by atoms with Gasteiger partial charge in [0.2, 0.25) is 11.8 Å². The lowest BCUT2D eigenvalue weighted by atomic mass is 9.91. The van der Waals surface area contributed by atoms with Crippen LogP contribution in [-0.2, 0) is 41.2 Å². The highest BCUT2D eigenvalue weighted by Gasteiger charge is 2.56. The Bertz CT molecular complexity index is 2880. The number of alkyl carbamates (subject to hydrolysis) is 2. The van der Waals surface area contributed by atoms with Gasteiger partial charge in [-0.1, -0.05) is 44.2 Å². The van der Waals surface area contributed by atoms with Crippen LogP contribution in [0.15, 0.2) is 65.8 Å². The van der Waals surface area contributed by atoms with Crippen LogP contribution in [-0.4, -0.2) is 115 Å². The molecule has 4 fully saturated rings. The monoisotopic (exact) mass is 937 g/mol. The Hall–Kier alpha value is -6.17. The minimum absolute atomic E-state index is 0.00310. The minimum atomic E-state index is -3.65. The number of carbonyl (C=O) groups is 4. The van der Waals surface area contributed by atoms with E-state index >= 15 is 8.78 Å². The number of nitrogens with one attached hydrogen (secondary N) is 3. The molecule has 18 heteroatoms. The second kappa shape index (κ2) is 16.3. The highest BCUT2D eigenvalue weighted by atomic mass is 32.2. The fourth-order valence-corrected chi connectivity index (χ4v) is 12.2. The number of piperidine rings is 1. The maximum atomic E-state index is 16.7. The molecule has 10 rings (SSSR count). The zero-order valence-corrected chi connectivity index (χ0v) is 38.7. The van der Waals surface area contributed by atoms with Gasteiger partial charge < -0.3 is 34.9 Å². The van der Waals surface area contributed by atoms with E-state index in [0.29, 0.717) is 53.2 Å². The van der Waals surface area contributed by atoms with Crippen molar-refractivity contribution in [1.82, 2.24) is 30.4 Å². The number of methoxy groups -OCH3 is 2. The highest BCUT2D eigenvalue weighted by Crippen LogP contribution is 2.59. The summed E-state index contributed by atoms with van der Waals surface area (Å²) in [6, 6.07) is 12.8. The van der Waals surface area contributed by atoms with Gasteiger partial charge in [-0.2, -0.15) is 8.78 Å². The van der Waals surface area contributed by atoms with Crippen molar-refractivity contribution in [2.24, 2.45) is 22.2 Å². The number of imidazole rings is 1. The molecular formula is C49H53F2N7O8S. The molecular weight excluding hydrogens is 885 g/mol. The number of benzene rings is 3. The van der Waals surface area contributed by atoms with Crippen LogP contribution in [0.5, 0.6) is 0 Å². The van der Waals surface area contributed by atoms with Crippen LogP contribution >= 0.6 is 0 Å². The average Bonchev–Trinajstić information content (AvgIpc) is 3.96. The number of aromatic amines is 1. The van der Waals surface area contributed by atoms with Crippen molar-refractivity contribution in [3.63, 3.8) is 0 Å². The zero-order valence-electron chi connectivity index (χ0n) is 37.9. The number of fused-ring (bicyclic) bond motifs is 6. The zero-order chi connectivity index (χ0) is 47.3. The molecule has 2 bridgehead atoms. The standard InChI is InChI=1S/C49H53F2N7O8S/c1-25(2)41(56-47(62)66-4)45(60)57-24-48(14-15-48)21-40(57)43-52-22-38(54-43)28-8-12-33-32-11-7-27(18-34(32)49(50,51)35(33)19-28)26-9-13-36-30(16-26)20-37(53-36)42-29-6-10-31(17-29)58(42)44(59)39(23-67(5,63)64)55-46(61)65-3/h7-9,11-13,16,18-19,22,25,29,31,39-42H,6,10,14-15,17,20-21,23-24H2,1-5H3,(H,52,54)(H,55,61)(H,56,62)/t29-,31-,39+,40+,41+,42+/m1/s1. The summed E-state index contributed by atoms with van der Waals surface area (Å²) in [7, 11) is -1.24. The summed E-state index contributed by atoms with van der Waals surface area (Å²) in [4.78, 5) is 68.9. The average molecular weight is 938 g/mol. The summed E-state index contributed by atoms with van der Waals surface area (Å²) in [6.07, 6.45) is 6.57. The number of nitrogens with zero attached hydrogens (tertiary/aromatic N) is 4. The number of sulfone groups is 1. The Balaban J connectivity index is 0.869. The smallest absolute Gasteiger partial charge is 0.407 e. The van der Waals surface area contributed by atoms with E-state index in [9.17, 15) is 27.6 Å². The minimum Gasteiger partial charge on any atom is -0.453 e. The van der Waals surface area contributed by atoms with E-state index in [1.165, 1.54) is 13.2 Å². The number of ether oxygens (including phenoxy) is 2. The third-order valence-electron chi connectivity index (χ3n) is 14.8. The summed E-state index contributed by atoms with van der Waals surface area (Å²) >= 11 is 0. The number of hydrogen-bond donors (Lipinski definition) is 3. The predicted molar refractivity (Wildman–Crippen MR) is 244 cm³/mol. The van der Waals surface area contributed by atoms with Crippen molar-refractivity contribution in [1.29, 1.82) is 0 Å². The third kappa shape index (κ3) is 7.93. The Morgan fingerprint density at radius 1 is 0.896 bits per heavy atom. The van der Waals surface area contributed by atoms with Gasteiger partial charge in [0.25, 0.3) is 5.92 Å². The van der Waals surface area contributed by atoms with E-state index in [-0.39, 0.29) is 52.4 Å². The van der Waals surface area contributed by atoms with E-state index in [1.54, 1.807) is 40.3 Å². The first-order valence-electron chi connectivity index (χ1n) is 22.8. The fraction of sp³-hybridized carbons (Fsp3) is 0.469. The Kier molecular flexibility index (Phi) is 10.8. The van der Waals surface area contributed by atoms with Gasteiger partial charge >= 0.3 is 12.2 Å². The SMILES string of the molecule is COC(=O)N[C@@H](CS(C)(=O)=O)C(=O)N1[C@@H]2CC[C@H](C2)[C@H]1C1=Nc2ccc(-c3ccc4c(c3)C(F)(F)c3cc(-c5cnc([C@@H]6CC7(CC7)CN6C(=O)[C@@H](NC(=O)OC)C(C)C)[nH]5)ccc3-4)cc2C1. The van der Waals surface area contributed by atoms with Crippen LogP contribution in [0.3, 0.4) is 0 Å². The second-order valence-corrected chi connectivity index (χ2v) is 21.8. The predicted octanol–water partition coefficient (Wildman–Crippen LogP) is 7.08. The Labute approximate surface area is 387 Å². The van der Waals surface area contributed by atoms with Gasteiger partial charge in [-0.3, -0.25) is 14.6 Å². The summed E-state index contributed by atoms with van der Waals surface area (Å²) in [5, 5.41) is 5.12. The Morgan fingerprint density at radius 3 is 2.22 bits per heavy atom. The molecule has 4 heterocycles. The number of halogens is 2. The summed E-state index contributed by atoms with van der Waals surface area (Å²) < 4.78 is 67.6. The molecule has 3 aromatic carbocycles. The number of rotatable bonds is 11. The van der Waals surface area contributed by atoms with Gasteiger partial charge in [0, 0.05) is 47.7 Å². The molecule has 2 saturated carbocycles. The lowest BCUT2D eigenvalue weighted by Gasteiger charge is -2.37. The fourth-order valence-electron chi connectivity index (χ4n) is 11.3. The number of H-pyrrole nitrogens is 1. The molecule has 3 N–H and O–H groups in total. The van der Waals surface area contributed by atoms with Crippen LogP contribution < -0.4 is 10.6 Å². The number of aliphatic imine (C=N–C) groups is 1. The molecule has 15 nitrogen and oxygen atoms in total. The lowest BCUT2D eigenvalue weighted by molar-refractivity contribution is -0.136. The first-order chi connectivity index (χ1) is 31.9. The van der Waals surface area contributed by atoms with E-state index in [0.717, 1.165) is 68.0 Å². The van der Waals surface area contributed by atoms with Crippen molar-refractivity contribution in [2.45, 2.75) is 94.9 Å². The van der Waals surface area contributed by atoms with E-state index in [1.807, 2.05) is 38.1 Å². The van der Waals surface area contributed by atoms with Crippen molar-refractivity contribution in [3.05, 3.63) is 83.3 Å². The van der Waals surface area contributed by atoms with Gasteiger partial charge in [-0.05, 0) is 108 Å². The van der Waals surface area contributed by atoms with Crippen molar-refractivity contribution in [3.8, 4) is 33.5 Å². The number of likely N-dealkylation sites (tertiary alicyclic amines) is 2. The first-order valence-corrected chi connectivity index (χ1v) is 24.9. The second-order valence-electron chi connectivity index (χ2n) is 19.6. The molecule has 67 heavy (non-hydrogen) atoms. The number of carbonyl (C=O) groups excluding carboxylic acids is 4. The quantitative estimate of drug-likeness (QED) is 0.141. The van der Waals surface area contributed by atoms with E-state index < -0.39 is 51.7 Å². The molecule has 3 aliphatic heterocycles. The lowest BCUT2D eigenvalue weighted by Crippen LogP contribution is -2.58. The molecule has 0 radical (unpaired) electrons. The van der Waals surface area contributed by atoms with Crippen molar-refractivity contribution >= 4 is 45.2 Å². The van der Waals surface area contributed by atoms with Crippen molar-refractivity contribution in [2.75, 3.05) is 32.8 Å². The van der Waals surface area contributed by atoms with Gasteiger partial charge in [0.05, 0.1) is 49.6 Å². The Morgan fingerprint density at radius 2 is 1.55 bits per heavy atom. The number of hydrogen-bond acceptors (Lipinski definition) is 10. The molecule has 4 aromatic rings. The maximum absolute atomic E-state index is 16.7. The first kappa shape index (κ1) is 44.7. The van der Waals surface area contributed by atoms with E-state index in [4.69, 9.17) is 14.5 Å². The van der Waals surface area contributed by atoms with Crippen LogP contribution in [0.2, 0.25) is 0 Å². The largest absolute Gasteiger partial charge is 0.453 e.